The van der Waals surface area contributed by atoms with Gasteiger partial charge in [-0.2, -0.15) is 0 Å². The van der Waals surface area contributed by atoms with Gasteiger partial charge in [-0.05, 0) is 32.9 Å². The lowest BCUT2D eigenvalue weighted by Crippen LogP contribution is -2.34. The highest BCUT2D eigenvalue weighted by atomic mass is 35.5. The Balaban J connectivity index is 1.78. The molecule has 0 aliphatic heterocycles. The summed E-state index contributed by atoms with van der Waals surface area (Å²) in [5.41, 5.74) is -0.0581. The maximum absolute atomic E-state index is 12.8. The summed E-state index contributed by atoms with van der Waals surface area (Å²) in [5.74, 6) is -1.26. The van der Waals surface area contributed by atoms with Gasteiger partial charge >= 0.3 is 5.97 Å². The van der Waals surface area contributed by atoms with Gasteiger partial charge in [0.25, 0.3) is 11.5 Å². The van der Waals surface area contributed by atoms with Crippen LogP contribution in [-0.4, -0.2) is 31.7 Å². The molecule has 9 heteroatoms. The fraction of sp³-hybridized carbons (Fsp3) is 0.421. The highest BCUT2D eigenvalue weighted by Gasteiger charge is 2.69. The lowest BCUT2D eigenvalue weighted by atomic mass is 10.1. The van der Waals surface area contributed by atoms with Crippen LogP contribution in [0.5, 0.6) is 0 Å². The van der Waals surface area contributed by atoms with E-state index < -0.39 is 27.7 Å². The Labute approximate surface area is 172 Å². The van der Waals surface area contributed by atoms with E-state index in [0.717, 1.165) is 0 Å². The lowest BCUT2D eigenvalue weighted by molar-refractivity contribution is -0.158. The summed E-state index contributed by atoms with van der Waals surface area (Å²) in [5, 5.41) is 2.57. The first-order valence-electron chi connectivity index (χ1n) is 8.73. The molecule has 1 aromatic heterocycles. The van der Waals surface area contributed by atoms with Crippen molar-refractivity contribution in [2.24, 2.45) is 12.5 Å². The zero-order valence-corrected chi connectivity index (χ0v) is 17.5. The minimum absolute atomic E-state index is 0.126. The van der Waals surface area contributed by atoms with Crippen LogP contribution in [-0.2, 0) is 21.4 Å². The summed E-state index contributed by atoms with van der Waals surface area (Å²) in [7, 11) is 1.72. The zero-order chi connectivity index (χ0) is 20.9. The lowest BCUT2D eigenvalue weighted by Gasteiger charge is -2.16. The molecule has 28 heavy (non-hydrogen) atoms. The molecule has 3 rings (SSSR count). The number of carbonyl (C=O) groups is 2. The third kappa shape index (κ3) is 3.33. The van der Waals surface area contributed by atoms with E-state index >= 15 is 0 Å². The quantitative estimate of drug-likeness (QED) is 0.589. The van der Waals surface area contributed by atoms with Crippen LogP contribution in [0.2, 0.25) is 0 Å². The molecule has 1 amide bonds. The highest BCUT2D eigenvalue weighted by molar-refractivity contribution is 6.53. The molecular formula is C19H21Cl2N3O4. The summed E-state index contributed by atoms with van der Waals surface area (Å²) < 4.78 is 7.12. The number of hydrogen-bond donors (Lipinski definition) is 1. The van der Waals surface area contributed by atoms with Gasteiger partial charge in [0.15, 0.2) is 6.10 Å². The van der Waals surface area contributed by atoms with Crippen LogP contribution in [0.25, 0.3) is 5.69 Å². The van der Waals surface area contributed by atoms with E-state index in [1.54, 1.807) is 37.7 Å². The summed E-state index contributed by atoms with van der Waals surface area (Å²) >= 11 is 11.9. The number of nitrogens with one attached hydrogen (secondary N) is 1. The first-order chi connectivity index (χ1) is 13.0. The number of anilines is 1. The Kier molecular flexibility index (Phi) is 5.10. The molecule has 150 valence electrons. The Morgan fingerprint density at radius 2 is 1.82 bits per heavy atom. The summed E-state index contributed by atoms with van der Waals surface area (Å²) in [6, 6.07) is 9.06. The van der Waals surface area contributed by atoms with Crippen molar-refractivity contribution >= 4 is 40.8 Å². The summed E-state index contributed by atoms with van der Waals surface area (Å²) in [6.45, 7) is 4.73. The van der Waals surface area contributed by atoms with E-state index in [1.807, 2.05) is 18.2 Å². The Bertz CT molecular complexity index is 997. The molecule has 0 spiro atoms. The number of aromatic nitrogens is 2. The van der Waals surface area contributed by atoms with Crippen molar-refractivity contribution in [3.63, 3.8) is 0 Å². The molecule has 0 bridgehead atoms. The molecule has 1 heterocycles. The number of rotatable bonds is 5. The second-order valence-corrected chi connectivity index (χ2v) is 8.67. The molecule has 0 saturated heterocycles. The fourth-order valence-corrected chi connectivity index (χ4v) is 3.59. The van der Waals surface area contributed by atoms with Crippen LogP contribution in [0.3, 0.4) is 0 Å². The highest BCUT2D eigenvalue weighted by Crippen LogP contribution is 2.64. The summed E-state index contributed by atoms with van der Waals surface area (Å²) in [4.78, 5) is 37.6. The van der Waals surface area contributed by atoms with Crippen LogP contribution in [0.1, 0.15) is 26.0 Å². The Hall–Kier alpha value is -2.25. The number of hydrogen-bond acceptors (Lipinski definition) is 4. The number of carbonyl (C=O) groups excluding carboxylic acids is 2. The number of alkyl halides is 2. The van der Waals surface area contributed by atoms with E-state index in [2.05, 4.69) is 5.32 Å². The second kappa shape index (κ2) is 6.97. The van der Waals surface area contributed by atoms with Crippen LogP contribution in [0.15, 0.2) is 35.1 Å². The number of para-hydroxylation sites is 1. The maximum atomic E-state index is 12.8. The number of esters is 1. The standard InChI is InChI=1S/C19H21Cl2N3O4/c1-11-14(16(26)24(23(11)4)13-8-6-5-7-9-13)22-15(25)12(2)28-17(27)18(3)10-19(18,20)21/h5-9,12H,10H2,1-4H3,(H,22,25)/t12-,18+/m0/s1. The SMILES string of the molecule is Cc1c(NC(=O)[C@H](C)OC(=O)[C@@]2(C)CC2(Cl)Cl)c(=O)n(-c2ccccc2)n1C. The average Bonchev–Trinajstić information content (AvgIpc) is 3.10. The number of ether oxygens (including phenoxy) is 1. The number of nitrogens with zero attached hydrogens (tertiary/aromatic N) is 2. The molecule has 1 aromatic carbocycles. The molecule has 1 N–H and O–H groups in total. The van der Waals surface area contributed by atoms with Crippen molar-refractivity contribution in [2.75, 3.05) is 5.32 Å². The van der Waals surface area contributed by atoms with E-state index in [4.69, 9.17) is 27.9 Å². The average molecular weight is 426 g/mol. The smallest absolute Gasteiger partial charge is 0.315 e. The summed E-state index contributed by atoms with van der Waals surface area (Å²) in [6.07, 6.45) is -0.853. The maximum Gasteiger partial charge on any atom is 0.315 e. The van der Waals surface area contributed by atoms with Crippen molar-refractivity contribution in [3.05, 3.63) is 46.4 Å². The van der Waals surface area contributed by atoms with Gasteiger partial charge in [-0.25, -0.2) is 4.68 Å². The van der Waals surface area contributed by atoms with Gasteiger partial charge in [0, 0.05) is 13.5 Å². The second-order valence-electron chi connectivity index (χ2n) is 7.19. The van der Waals surface area contributed by atoms with Crippen molar-refractivity contribution in [1.82, 2.24) is 9.36 Å². The van der Waals surface area contributed by atoms with Gasteiger partial charge in [-0.15, -0.1) is 23.2 Å². The monoisotopic (exact) mass is 425 g/mol. The van der Waals surface area contributed by atoms with E-state index in [-0.39, 0.29) is 17.7 Å². The molecule has 1 aliphatic carbocycles. The number of benzene rings is 1. The molecule has 1 saturated carbocycles. The third-order valence-electron chi connectivity index (χ3n) is 5.16. The van der Waals surface area contributed by atoms with Gasteiger partial charge in [0.05, 0.1) is 11.4 Å². The molecular weight excluding hydrogens is 405 g/mol. The molecule has 1 fully saturated rings. The number of amides is 1. The first-order valence-corrected chi connectivity index (χ1v) is 9.49. The third-order valence-corrected chi connectivity index (χ3v) is 6.27. The van der Waals surface area contributed by atoms with E-state index in [9.17, 15) is 14.4 Å². The largest absolute Gasteiger partial charge is 0.452 e. The van der Waals surface area contributed by atoms with Gasteiger partial charge < -0.3 is 10.1 Å². The van der Waals surface area contributed by atoms with Gasteiger partial charge in [0.2, 0.25) is 0 Å². The van der Waals surface area contributed by atoms with Crippen molar-refractivity contribution in [1.29, 1.82) is 0 Å². The predicted octanol–water partition coefficient (Wildman–Crippen LogP) is 2.94. The number of halogens is 2. The van der Waals surface area contributed by atoms with E-state index in [0.29, 0.717) is 11.4 Å². The van der Waals surface area contributed by atoms with Crippen LogP contribution < -0.4 is 10.9 Å². The molecule has 1 aliphatic rings. The van der Waals surface area contributed by atoms with Gasteiger partial charge in [0.1, 0.15) is 15.4 Å². The van der Waals surface area contributed by atoms with Crippen LogP contribution in [0.4, 0.5) is 5.69 Å². The van der Waals surface area contributed by atoms with Gasteiger partial charge in [-0.3, -0.25) is 19.1 Å². The Morgan fingerprint density at radius 1 is 1.25 bits per heavy atom. The fourth-order valence-electron chi connectivity index (χ4n) is 2.90. The van der Waals surface area contributed by atoms with Crippen LogP contribution >= 0.6 is 23.2 Å². The first kappa shape index (κ1) is 20.5. The van der Waals surface area contributed by atoms with Crippen molar-refractivity contribution in [2.45, 2.75) is 37.6 Å². The van der Waals surface area contributed by atoms with Crippen LogP contribution in [0, 0.1) is 12.3 Å². The van der Waals surface area contributed by atoms with E-state index in [1.165, 1.54) is 11.6 Å². The topological polar surface area (TPSA) is 82.3 Å². The normalized spacial score (nSPS) is 21.1. The predicted molar refractivity (Wildman–Crippen MR) is 107 cm³/mol. The Morgan fingerprint density at radius 3 is 2.36 bits per heavy atom. The molecule has 2 atom stereocenters. The molecule has 7 nitrogen and oxygen atoms in total. The minimum atomic E-state index is -1.18. The van der Waals surface area contributed by atoms with Crippen molar-refractivity contribution in [3.8, 4) is 5.69 Å². The zero-order valence-electron chi connectivity index (χ0n) is 16.0. The van der Waals surface area contributed by atoms with Gasteiger partial charge in [-0.1, -0.05) is 18.2 Å². The minimum Gasteiger partial charge on any atom is -0.452 e. The molecule has 0 unspecified atom stereocenters. The molecule has 0 radical (unpaired) electrons. The van der Waals surface area contributed by atoms with Crippen molar-refractivity contribution < 1.29 is 14.3 Å². The molecule has 2 aromatic rings.